The van der Waals surface area contributed by atoms with Crippen molar-refractivity contribution in [1.82, 2.24) is 10.3 Å². The summed E-state index contributed by atoms with van der Waals surface area (Å²) in [4.78, 5) is 67.8. The Morgan fingerprint density at radius 1 is 1.12 bits per heavy atom. The molecule has 1 saturated carbocycles. The number of carbonyl (C=O) groups is 5. The fraction of sp³-hybridized carbons (Fsp3) is 0.643. The molecule has 12 heteroatoms. The first-order chi connectivity index (χ1) is 19.0. The molecule has 1 aliphatic heterocycles. The molecule has 2 heterocycles. The lowest BCUT2D eigenvalue weighted by Gasteiger charge is -2.32. The molecule has 220 valence electrons. The number of rotatable bonds is 8. The largest absolute Gasteiger partial charge is 0.493 e. The summed E-state index contributed by atoms with van der Waals surface area (Å²) in [5.41, 5.74) is -0.319. The van der Waals surface area contributed by atoms with Crippen LogP contribution in [0.2, 0.25) is 0 Å². The summed E-state index contributed by atoms with van der Waals surface area (Å²) in [7, 11) is 1.33. The van der Waals surface area contributed by atoms with Gasteiger partial charge in [-0.05, 0) is 19.3 Å². The van der Waals surface area contributed by atoms with Gasteiger partial charge in [0.05, 0.1) is 18.9 Å². The van der Waals surface area contributed by atoms with E-state index in [1.807, 2.05) is 0 Å². The van der Waals surface area contributed by atoms with E-state index in [2.05, 4.69) is 10.3 Å². The van der Waals surface area contributed by atoms with Gasteiger partial charge in [0, 0.05) is 19.2 Å². The maximum absolute atomic E-state index is 13.4. The van der Waals surface area contributed by atoms with Crippen LogP contribution in [0.4, 0.5) is 0 Å². The average Bonchev–Trinajstić information content (AvgIpc) is 2.95. The van der Waals surface area contributed by atoms with Crippen LogP contribution < -0.4 is 14.8 Å². The summed E-state index contributed by atoms with van der Waals surface area (Å²) < 4.78 is 27.2. The van der Waals surface area contributed by atoms with E-state index in [0.717, 1.165) is 39.0 Å². The lowest BCUT2D eigenvalue weighted by molar-refractivity contribution is -0.177. The molecule has 40 heavy (non-hydrogen) atoms. The lowest BCUT2D eigenvalue weighted by Crippen LogP contribution is -2.47. The first-order valence-corrected chi connectivity index (χ1v) is 13.6. The molecule has 0 aromatic carbocycles. The van der Waals surface area contributed by atoms with Crippen LogP contribution in [-0.4, -0.2) is 66.7 Å². The van der Waals surface area contributed by atoms with Gasteiger partial charge in [0.15, 0.2) is 23.6 Å². The molecule has 0 bridgehead atoms. The number of amides is 1. The summed E-state index contributed by atoms with van der Waals surface area (Å²) in [6.45, 7) is 5.52. The first-order valence-electron chi connectivity index (χ1n) is 13.6. The van der Waals surface area contributed by atoms with Crippen LogP contribution in [0.1, 0.15) is 76.7 Å². The Morgan fingerprint density at radius 2 is 1.82 bits per heavy atom. The lowest BCUT2D eigenvalue weighted by atomic mass is 9.80. The SMILES string of the molecule is COc1ccnc(C(=O)NC2COC(=O)C(CC3CCCCC3)C(OC(=O)C(C)C)C(C)OC2=O)c1OC(C)=O. The maximum Gasteiger partial charge on any atom is 0.332 e. The number of carbonyl (C=O) groups excluding carboxylic acids is 5. The van der Waals surface area contributed by atoms with Crippen molar-refractivity contribution in [2.24, 2.45) is 17.8 Å². The Balaban J connectivity index is 1.86. The van der Waals surface area contributed by atoms with Crippen molar-refractivity contribution >= 4 is 29.8 Å². The molecular formula is C28H38N2O10. The highest BCUT2D eigenvalue weighted by Gasteiger charge is 2.43. The fourth-order valence-corrected chi connectivity index (χ4v) is 4.92. The van der Waals surface area contributed by atoms with Crippen LogP contribution in [0, 0.1) is 17.8 Å². The number of pyridine rings is 1. The van der Waals surface area contributed by atoms with E-state index in [1.165, 1.54) is 19.4 Å². The minimum absolute atomic E-state index is 0.0767. The zero-order chi connectivity index (χ0) is 29.4. The summed E-state index contributed by atoms with van der Waals surface area (Å²) in [5.74, 6) is -4.89. The van der Waals surface area contributed by atoms with Crippen LogP contribution >= 0.6 is 0 Å². The second kappa shape index (κ2) is 14.1. The molecule has 1 aromatic rings. The predicted octanol–water partition coefficient (Wildman–Crippen LogP) is 2.76. The second-order valence-corrected chi connectivity index (χ2v) is 10.5. The second-order valence-electron chi connectivity index (χ2n) is 10.5. The van der Waals surface area contributed by atoms with Crippen molar-refractivity contribution in [2.75, 3.05) is 13.7 Å². The third-order valence-corrected chi connectivity index (χ3v) is 7.03. The molecule has 2 fully saturated rings. The van der Waals surface area contributed by atoms with Crippen molar-refractivity contribution < 1.29 is 47.7 Å². The third kappa shape index (κ3) is 7.92. The van der Waals surface area contributed by atoms with E-state index < -0.39 is 66.5 Å². The Kier molecular flexibility index (Phi) is 10.9. The number of nitrogens with one attached hydrogen (secondary N) is 1. The third-order valence-electron chi connectivity index (χ3n) is 7.03. The topological polar surface area (TPSA) is 156 Å². The number of hydrogen-bond acceptors (Lipinski definition) is 11. The van der Waals surface area contributed by atoms with Crippen LogP contribution in [0.5, 0.6) is 11.5 Å². The monoisotopic (exact) mass is 562 g/mol. The summed E-state index contributed by atoms with van der Waals surface area (Å²) in [5, 5.41) is 2.45. The Morgan fingerprint density at radius 3 is 2.45 bits per heavy atom. The van der Waals surface area contributed by atoms with Crippen molar-refractivity contribution in [3.63, 3.8) is 0 Å². The van der Waals surface area contributed by atoms with E-state index in [-0.39, 0.29) is 23.1 Å². The van der Waals surface area contributed by atoms with Gasteiger partial charge >= 0.3 is 23.9 Å². The van der Waals surface area contributed by atoms with Gasteiger partial charge < -0.3 is 29.0 Å². The number of esters is 4. The number of cyclic esters (lactones) is 2. The normalized spacial score (nSPS) is 24.1. The summed E-state index contributed by atoms with van der Waals surface area (Å²) in [6.07, 6.45) is 4.76. The fourth-order valence-electron chi connectivity index (χ4n) is 4.92. The molecule has 2 aliphatic rings. The standard InChI is InChI=1S/C28H38N2O10/c1-15(2)26(33)40-23-16(3)38-28(35)20(14-37-27(34)19(23)13-18-9-7-6-8-10-18)30-25(32)22-24(39-17(4)31)21(36-5)11-12-29-22/h11-12,15-16,18-20,23H,6-10,13-14H2,1-5H3,(H,30,32). The first kappa shape index (κ1) is 30.8. The van der Waals surface area contributed by atoms with E-state index in [0.29, 0.717) is 6.42 Å². The molecule has 12 nitrogen and oxygen atoms in total. The predicted molar refractivity (Wildman–Crippen MR) is 139 cm³/mol. The highest BCUT2D eigenvalue weighted by Crippen LogP contribution is 2.34. The van der Waals surface area contributed by atoms with Gasteiger partial charge in [-0.25, -0.2) is 9.78 Å². The summed E-state index contributed by atoms with van der Waals surface area (Å²) in [6, 6.07) is -0.00963. The molecule has 1 saturated heterocycles. The highest BCUT2D eigenvalue weighted by molar-refractivity contribution is 5.98. The van der Waals surface area contributed by atoms with Gasteiger partial charge in [0.25, 0.3) is 5.91 Å². The number of ether oxygens (including phenoxy) is 5. The number of nitrogens with zero attached hydrogens (tertiary/aromatic N) is 1. The smallest absolute Gasteiger partial charge is 0.332 e. The summed E-state index contributed by atoms with van der Waals surface area (Å²) >= 11 is 0. The van der Waals surface area contributed by atoms with E-state index >= 15 is 0 Å². The zero-order valence-corrected chi connectivity index (χ0v) is 23.6. The molecule has 0 radical (unpaired) electrons. The molecule has 1 aromatic heterocycles. The van der Waals surface area contributed by atoms with Crippen molar-refractivity contribution in [1.29, 1.82) is 0 Å². The Labute approximate surface area is 233 Å². The Bertz CT molecular complexity index is 1100. The van der Waals surface area contributed by atoms with Crippen molar-refractivity contribution in [2.45, 2.75) is 84.5 Å². The Hall–Kier alpha value is -3.70. The molecule has 1 amide bonds. The van der Waals surface area contributed by atoms with Gasteiger partial charge in [-0.1, -0.05) is 46.0 Å². The van der Waals surface area contributed by atoms with Crippen molar-refractivity contribution in [3.05, 3.63) is 18.0 Å². The van der Waals surface area contributed by atoms with Crippen LogP contribution in [0.15, 0.2) is 12.3 Å². The van der Waals surface area contributed by atoms with E-state index in [1.54, 1.807) is 20.8 Å². The molecular weight excluding hydrogens is 524 g/mol. The van der Waals surface area contributed by atoms with E-state index in [4.69, 9.17) is 23.7 Å². The van der Waals surface area contributed by atoms with Crippen molar-refractivity contribution in [3.8, 4) is 11.5 Å². The zero-order valence-electron chi connectivity index (χ0n) is 23.6. The number of hydrogen-bond donors (Lipinski definition) is 1. The number of methoxy groups -OCH3 is 1. The number of aromatic nitrogens is 1. The molecule has 4 unspecified atom stereocenters. The molecule has 1 aliphatic carbocycles. The average molecular weight is 563 g/mol. The molecule has 1 N–H and O–H groups in total. The molecule has 3 rings (SSSR count). The maximum atomic E-state index is 13.4. The minimum atomic E-state index is -1.41. The van der Waals surface area contributed by atoms with Gasteiger partial charge in [-0.15, -0.1) is 0 Å². The van der Waals surface area contributed by atoms with Crippen LogP contribution in [0.25, 0.3) is 0 Å². The van der Waals surface area contributed by atoms with Gasteiger partial charge in [-0.2, -0.15) is 0 Å². The van der Waals surface area contributed by atoms with Crippen LogP contribution in [0.3, 0.4) is 0 Å². The molecule has 4 atom stereocenters. The van der Waals surface area contributed by atoms with Crippen LogP contribution in [-0.2, 0) is 33.4 Å². The van der Waals surface area contributed by atoms with Gasteiger partial charge in [-0.3, -0.25) is 19.2 Å². The quantitative estimate of drug-likeness (QED) is 0.367. The molecule has 0 spiro atoms. The van der Waals surface area contributed by atoms with E-state index in [9.17, 15) is 24.0 Å². The highest BCUT2D eigenvalue weighted by atomic mass is 16.6. The minimum Gasteiger partial charge on any atom is -0.493 e. The van der Waals surface area contributed by atoms with Gasteiger partial charge in [0.1, 0.15) is 12.7 Å². The van der Waals surface area contributed by atoms with Gasteiger partial charge in [0.2, 0.25) is 5.75 Å².